The molecule has 0 amide bonds. The molecule has 0 radical (unpaired) electrons. The lowest BCUT2D eigenvalue weighted by molar-refractivity contribution is -0.109. The van der Waals surface area contributed by atoms with Crippen molar-refractivity contribution in [1.29, 1.82) is 0 Å². The molecule has 7 heteroatoms. The number of nitrogens with one attached hydrogen (secondary N) is 1. The number of aromatic nitrogens is 2. The first-order valence-electron chi connectivity index (χ1n) is 6.85. The molecule has 2 heterocycles. The normalized spacial score (nSPS) is 21.9. The minimum Gasteiger partial charge on any atom is -0.359 e. The largest absolute Gasteiger partial charge is 0.359 e. The van der Waals surface area contributed by atoms with Gasteiger partial charge in [0.1, 0.15) is 12.3 Å². The van der Waals surface area contributed by atoms with E-state index in [0.717, 1.165) is 24.2 Å². The molecule has 0 saturated carbocycles. The third kappa shape index (κ3) is 2.18. The average Bonchev–Trinajstić information content (AvgIpc) is 2.45. The molecule has 0 spiro atoms. The van der Waals surface area contributed by atoms with Crippen LogP contribution in [-0.2, 0) is 4.79 Å². The SMILES string of the molecule is CCC1C(C=O)N(C)c2cnc(NN)nc2N1C(C)C. The highest BCUT2D eigenvalue weighted by atomic mass is 16.1. The van der Waals surface area contributed by atoms with Gasteiger partial charge in [0.2, 0.25) is 5.95 Å². The highest BCUT2D eigenvalue weighted by Crippen LogP contribution is 2.37. The van der Waals surface area contributed by atoms with Crippen molar-refractivity contribution in [3.05, 3.63) is 6.20 Å². The summed E-state index contributed by atoms with van der Waals surface area (Å²) in [5.74, 6) is 6.59. The summed E-state index contributed by atoms with van der Waals surface area (Å²) in [5, 5.41) is 0. The zero-order valence-electron chi connectivity index (χ0n) is 12.4. The van der Waals surface area contributed by atoms with E-state index in [1.54, 1.807) is 6.20 Å². The van der Waals surface area contributed by atoms with Crippen LogP contribution in [0.25, 0.3) is 0 Å². The summed E-state index contributed by atoms with van der Waals surface area (Å²) in [6.45, 7) is 6.27. The van der Waals surface area contributed by atoms with Crippen LogP contribution in [0.4, 0.5) is 17.5 Å². The molecule has 110 valence electrons. The van der Waals surface area contributed by atoms with E-state index < -0.39 is 0 Å². The molecule has 2 rings (SSSR count). The average molecular weight is 278 g/mol. The van der Waals surface area contributed by atoms with Gasteiger partial charge in [-0.1, -0.05) is 6.92 Å². The van der Waals surface area contributed by atoms with E-state index in [4.69, 9.17) is 5.84 Å². The molecule has 0 aromatic carbocycles. The van der Waals surface area contributed by atoms with Crippen molar-refractivity contribution in [2.45, 2.75) is 45.3 Å². The van der Waals surface area contributed by atoms with Crippen LogP contribution in [-0.4, -0.2) is 41.4 Å². The number of anilines is 3. The predicted molar refractivity (Wildman–Crippen MR) is 79.8 cm³/mol. The second-order valence-electron chi connectivity index (χ2n) is 5.26. The number of rotatable bonds is 4. The number of carbonyl (C=O) groups excluding carboxylic acids is 1. The number of aldehydes is 1. The van der Waals surface area contributed by atoms with E-state index >= 15 is 0 Å². The fraction of sp³-hybridized carbons (Fsp3) is 0.615. The minimum absolute atomic E-state index is 0.0884. The molecule has 20 heavy (non-hydrogen) atoms. The third-order valence-corrected chi connectivity index (χ3v) is 3.82. The number of hydrogen-bond donors (Lipinski definition) is 2. The van der Waals surface area contributed by atoms with E-state index in [1.807, 2.05) is 11.9 Å². The Kier molecular flexibility index (Phi) is 4.08. The van der Waals surface area contributed by atoms with Gasteiger partial charge in [-0.3, -0.25) is 5.43 Å². The van der Waals surface area contributed by atoms with E-state index in [-0.39, 0.29) is 18.1 Å². The lowest BCUT2D eigenvalue weighted by Crippen LogP contribution is -2.58. The molecular weight excluding hydrogens is 256 g/mol. The van der Waals surface area contributed by atoms with Crippen molar-refractivity contribution < 1.29 is 4.79 Å². The summed E-state index contributed by atoms with van der Waals surface area (Å²) in [4.78, 5) is 24.2. The summed E-state index contributed by atoms with van der Waals surface area (Å²) in [7, 11) is 1.90. The molecule has 1 aliphatic heterocycles. The van der Waals surface area contributed by atoms with Crippen LogP contribution in [0.15, 0.2) is 6.20 Å². The Bertz CT molecular complexity index is 492. The maximum Gasteiger partial charge on any atom is 0.239 e. The zero-order valence-corrected chi connectivity index (χ0v) is 12.4. The molecule has 7 nitrogen and oxygen atoms in total. The molecule has 0 bridgehead atoms. The highest BCUT2D eigenvalue weighted by Gasteiger charge is 2.39. The van der Waals surface area contributed by atoms with Crippen molar-refractivity contribution in [3.8, 4) is 0 Å². The predicted octanol–water partition coefficient (Wildman–Crippen LogP) is 0.773. The Hall–Kier alpha value is -1.89. The van der Waals surface area contributed by atoms with Crippen LogP contribution >= 0.6 is 0 Å². The lowest BCUT2D eigenvalue weighted by Gasteiger charge is -2.47. The molecular formula is C13H22N6O. The number of nitrogens with two attached hydrogens (primary N) is 1. The summed E-state index contributed by atoms with van der Waals surface area (Å²) in [5.41, 5.74) is 3.32. The second-order valence-corrected chi connectivity index (χ2v) is 5.26. The molecule has 1 aromatic rings. The van der Waals surface area contributed by atoms with Gasteiger partial charge in [-0.05, 0) is 20.3 Å². The first kappa shape index (κ1) is 14.5. The first-order valence-corrected chi connectivity index (χ1v) is 6.85. The Morgan fingerprint density at radius 3 is 2.75 bits per heavy atom. The van der Waals surface area contributed by atoms with E-state index in [9.17, 15) is 4.79 Å². The number of hydrazine groups is 1. The molecule has 0 saturated heterocycles. The van der Waals surface area contributed by atoms with Gasteiger partial charge < -0.3 is 14.6 Å². The van der Waals surface area contributed by atoms with Gasteiger partial charge in [-0.2, -0.15) is 4.98 Å². The van der Waals surface area contributed by atoms with Crippen LogP contribution in [0.1, 0.15) is 27.2 Å². The van der Waals surface area contributed by atoms with Crippen molar-refractivity contribution in [2.75, 3.05) is 22.3 Å². The molecule has 1 aromatic heterocycles. The van der Waals surface area contributed by atoms with E-state index in [1.165, 1.54) is 0 Å². The standard InChI is InChI=1S/C13H22N6O/c1-5-9-11(7-20)18(4)10-6-15-13(17-14)16-12(10)19(9)8(2)3/h6-9,11H,5,14H2,1-4H3,(H,15,16,17). The third-order valence-electron chi connectivity index (χ3n) is 3.82. The Morgan fingerprint density at radius 1 is 1.55 bits per heavy atom. The molecule has 1 aliphatic rings. The highest BCUT2D eigenvalue weighted by molar-refractivity contribution is 5.79. The Balaban J connectivity index is 2.59. The van der Waals surface area contributed by atoms with Gasteiger partial charge >= 0.3 is 0 Å². The van der Waals surface area contributed by atoms with Gasteiger partial charge in [0.25, 0.3) is 0 Å². The Morgan fingerprint density at radius 2 is 2.25 bits per heavy atom. The first-order chi connectivity index (χ1) is 9.54. The van der Waals surface area contributed by atoms with Gasteiger partial charge in [0.05, 0.1) is 17.9 Å². The van der Waals surface area contributed by atoms with Crippen LogP contribution < -0.4 is 21.1 Å². The molecule has 3 N–H and O–H groups in total. The quantitative estimate of drug-likeness (QED) is 0.478. The van der Waals surface area contributed by atoms with Crippen LogP contribution in [0.3, 0.4) is 0 Å². The smallest absolute Gasteiger partial charge is 0.239 e. The molecule has 2 atom stereocenters. The van der Waals surface area contributed by atoms with E-state index in [2.05, 4.69) is 41.1 Å². The van der Waals surface area contributed by atoms with E-state index in [0.29, 0.717) is 5.95 Å². The second kappa shape index (κ2) is 5.62. The van der Waals surface area contributed by atoms with Gasteiger partial charge in [0.15, 0.2) is 5.82 Å². The topological polar surface area (TPSA) is 87.4 Å². The molecule has 2 unspecified atom stereocenters. The monoisotopic (exact) mass is 278 g/mol. The summed E-state index contributed by atoms with van der Waals surface area (Å²) in [6, 6.07) is 0.121. The molecule has 0 fully saturated rings. The van der Waals surface area contributed by atoms with Crippen LogP contribution in [0.2, 0.25) is 0 Å². The lowest BCUT2D eigenvalue weighted by atomic mass is 9.98. The van der Waals surface area contributed by atoms with Crippen molar-refractivity contribution >= 4 is 23.7 Å². The maximum absolute atomic E-state index is 11.5. The zero-order chi connectivity index (χ0) is 14.9. The minimum atomic E-state index is -0.199. The van der Waals surface area contributed by atoms with Gasteiger partial charge in [-0.25, -0.2) is 10.8 Å². The number of hydrogen-bond acceptors (Lipinski definition) is 7. The molecule has 0 aliphatic carbocycles. The van der Waals surface area contributed by atoms with Gasteiger partial charge in [0, 0.05) is 13.1 Å². The van der Waals surface area contributed by atoms with Crippen LogP contribution in [0, 0.1) is 0 Å². The van der Waals surface area contributed by atoms with Crippen molar-refractivity contribution in [3.63, 3.8) is 0 Å². The number of likely N-dealkylation sites (N-methyl/N-ethyl adjacent to an activating group) is 1. The summed E-state index contributed by atoms with van der Waals surface area (Å²) >= 11 is 0. The number of nitrogens with zero attached hydrogens (tertiary/aromatic N) is 4. The number of carbonyl (C=O) groups is 1. The van der Waals surface area contributed by atoms with Gasteiger partial charge in [-0.15, -0.1) is 0 Å². The number of fused-ring (bicyclic) bond motifs is 1. The number of nitrogen functional groups attached to an aromatic ring is 1. The van der Waals surface area contributed by atoms with Crippen LogP contribution in [0.5, 0.6) is 0 Å². The van der Waals surface area contributed by atoms with Crippen molar-refractivity contribution in [1.82, 2.24) is 9.97 Å². The summed E-state index contributed by atoms with van der Waals surface area (Å²) < 4.78 is 0. The maximum atomic E-state index is 11.5. The Labute approximate surface area is 119 Å². The fourth-order valence-electron chi connectivity index (χ4n) is 2.86. The summed E-state index contributed by atoms with van der Waals surface area (Å²) in [6.07, 6.45) is 3.57. The fourth-order valence-corrected chi connectivity index (χ4v) is 2.86. The van der Waals surface area contributed by atoms with Crippen molar-refractivity contribution in [2.24, 2.45) is 5.84 Å².